The molecule has 2 saturated heterocycles. The molecule has 0 spiro atoms. The predicted molar refractivity (Wildman–Crippen MR) is 178 cm³/mol. The van der Waals surface area contributed by atoms with E-state index in [1.807, 2.05) is 6.92 Å². The van der Waals surface area contributed by atoms with Gasteiger partial charge in [-0.05, 0) is 92.4 Å². The van der Waals surface area contributed by atoms with Crippen molar-refractivity contribution in [1.29, 1.82) is 0 Å². The van der Waals surface area contributed by atoms with Crippen LogP contribution in [0.1, 0.15) is 70.3 Å². The fourth-order valence-corrected chi connectivity index (χ4v) is 8.81. The highest BCUT2D eigenvalue weighted by molar-refractivity contribution is 6.01. The van der Waals surface area contributed by atoms with Gasteiger partial charge in [0.15, 0.2) is 5.82 Å². The maximum atomic E-state index is 16.9. The maximum Gasteiger partial charge on any atom is 0.319 e. The third kappa shape index (κ3) is 5.37. The Morgan fingerprint density at radius 2 is 1.87 bits per heavy atom. The second kappa shape index (κ2) is 12.4. The molecule has 0 amide bonds. The number of pyridine rings is 1. The number of likely N-dealkylation sites (tertiary alicyclic amines) is 1. The van der Waals surface area contributed by atoms with E-state index < -0.39 is 5.82 Å². The first kappa shape index (κ1) is 30.7. The Balaban J connectivity index is 1.23. The zero-order chi connectivity index (χ0) is 32.1. The molecular formula is C37H43F2N5O3. The summed E-state index contributed by atoms with van der Waals surface area (Å²) in [5.41, 5.74) is 0.932. The number of piperidine rings is 1. The Morgan fingerprint density at radius 1 is 1.00 bits per heavy atom. The van der Waals surface area contributed by atoms with Gasteiger partial charge in [0.05, 0.1) is 18.6 Å². The largest absolute Gasteiger partial charge is 0.508 e. The van der Waals surface area contributed by atoms with E-state index in [2.05, 4.69) is 14.8 Å². The molecule has 1 N–H and O–H groups in total. The van der Waals surface area contributed by atoms with Crippen LogP contribution < -0.4 is 9.64 Å². The van der Waals surface area contributed by atoms with Crippen LogP contribution in [0.2, 0.25) is 0 Å². The van der Waals surface area contributed by atoms with Crippen molar-refractivity contribution in [3.05, 3.63) is 47.7 Å². The van der Waals surface area contributed by atoms with Gasteiger partial charge in [-0.2, -0.15) is 9.97 Å². The quantitative estimate of drug-likeness (QED) is 0.227. The predicted octanol–water partition coefficient (Wildman–Crippen LogP) is 7.18. The summed E-state index contributed by atoms with van der Waals surface area (Å²) < 4.78 is 44.2. The van der Waals surface area contributed by atoms with Gasteiger partial charge in [-0.1, -0.05) is 25.8 Å². The summed E-state index contributed by atoms with van der Waals surface area (Å²) in [5, 5.41) is 12.3. The van der Waals surface area contributed by atoms with Crippen LogP contribution in [0, 0.1) is 17.0 Å². The van der Waals surface area contributed by atoms with Gasteiger partial charge in [0, 0.05) is 49.0 Å². The Hall–Kier alpha value is -3.63. The molecule has 0 radical (unpaired) electrons. The van der Waals surface area contributed by atoms with Gasteiger partial charge in [-0.15, -0.1) is 0 Å². The summed E-state index contributed by atoms with van der Waals surface area (Å²) in [6.45, 7) is 6.03. The average molecular weight is 644 g/mol. The van der Waals surface area contributed by atoms with Gasteiger partial charge in [0.1, 0.15) is 28.6 Å². The molecule has 8 rings (SSSR count). The van der Waals surface area contributed by atoms with Gasteiger partial charge in [-0.3, -0.25) is 9.88 Å². The molecule has 4 fully saturated rings. The number of aromatic hydroxyl groups is 1. The summed E-state index contributed by atoms with van der Waals surface area (Å²) in [5.74, 6) is -0.492. The lowest BCUT2D eigenvalue weighted by molar-refractivity contribution is -0.0399. The van der Waals surface area contributed by atoms with Crippen molar-refractivity contribution < 1.29 is 23.4 Å². The van der Waals surface area contributed by atoms with Crippen LogP contribution in [0.15, 0.2) is 30.5 Å². The van der Waals surface area contributed by atoms with Gasteiger partial charge < -0.3 is 19.5 Å². The summed E-state index contributed by atoms with van der Waals surface area (Å²) in [6, 6.07) is 7.37. The van der Waals surface area contributed by atoms with E-state index >= 15 is 8.78 Å². The normalized spacial score (nSPS) is 24.0. The Kier molecular flexibility index (Phi) is 8.12. The smallest absolute Gasteiger partial charge is 0.319 e. The average Bonchev–Trinajstić information content (AvgIpc) is 3.30. The number of fused-ring (bicyclic) bond motifs is 3. The molecule has 4 heterocycles. The molecule has 2 saturated carbocycles. The van der Waals surface area contributed by atoms with Crippen LogP contribution in [-0.2, 0) is 11.2 Å². The highest BCUT2D eigenvalue weighted by Gasteiger charge is 2.50. The number of halogens is 2. The molecule has 2 aromatic carbocycles. The van der Waals surface area contributed by atoms with Gasteiger partial charge in [0.25, 0.3) is 0 Å². The van der Waals surface area contributed by atoms with Crippen LogP contribution in [0.3, 0.4) is 0 Å². The lowest BCUT2D eigenvalue weighted by atomic mass is 9.73. The lowest BCUT2D eigenvalue weighted by Crippen LogP contribution is -2.57. The first-order valence-electron chi connectivity index (χ1n) is 17.5. The standard InChI is InChI=1S/C37H43F2N5O3/c1-2-26-29(38)11-10-23-19-25(45)20-27(31(23)26)33-32(39)34-28(21-40-33)35(43-14-6-17-46-18-16-43)42-36(41-34)47-22-37-12-4-9-30(37)44(15-5-13-37)24-7-3-8-24/h10-11,19-21,24,30,45H,2-9,12-18,22H2,1H3/t30?,37-/m1/s1. The van der Waals surface area contributed by atoms with E-state index in [4.69, 9.17) is 19.4 Å². The second-order valence-corrected chi connectivity index (χ2v) is 13.9. The summed E-state index contributed by atoms with van der Waals surface area (Å²) in [4.78, 5) is 19.1. The molecule has 2 atom stereocenters. The van der Waals surface area contributed by atoms with E-state index in [1.165, 1.54) is 50.8 Å². The molecule has 10 heteroatoms. The first-order chi connectivity index (χ1) is 23.0. The van der Waals surface area contributed by atoms with Crippen molar-refractivity contribution in [3.63, 3.8) is 0 Å². The zero-order valence-electron chi connectivity index (χ0n) is 27.1. The minimum atomic E-state index is -0.647. The molecule has 1 unspecified atom stereocenters. The summed E-state index contributed by atoms with van der Waals surface area (Å²) in [6.07, 6.45) is 12.5. The molecule has 0 bridgehead atoms. The molecule has 2 aliphatic carbocycles. The highest BCUT2D eigenvalue weighted by atomic mass is 19.1. The molecule has 47 heavy (non-hydrogen) atoms. The van der Waals surface area contributed by atoms with Crippen molar-refractivity contribution in [3.8, 4) is 23.0 Å². The molecule has 4 aromatic rings. The van der Waals surface area contributed by atoms with Gasteiger partial charge in [0.2, 0.25) is 0 Å². The minimum Gasteiger partial charge on any atom is -0.508 e. The number of phenolic OH excluding ortho intramolecular Hbond substituents is 1. The number of benzene rings is 2. The van der Waals surface area contributed by atoms with Crippen LogP contribution in [0.25, 0.3) is 32.9 Å². The first-order valence-corrected chi connectivity index (χ1v) is 17.5. The summed E-state index contributed by atoms with van der Waals surface area (Å²) in [7, 11) is 0. The van der Waals surface area contributed by atoms with Crippen molar-refractivity contribution in [2.24, 2.45) is 5.41 Å². The van der Waals surface area contributed by atoms with Gasteiger partial charge >= 0.3 is 6.01 Å². The monoisotopic (exact) mass is 643 g/mol. The SMILES string of the molecule is CCc1c(F)ccc2cc(O)cc(-c3ncc4c(N5CCCOCC5)nc(OC[C@]56CCCC5N(C5CCC5)CCC6)nc4c3F)c12. The lowest BCUT2D eigenvalue weighted by Gasteiger charge is -2.51. The van der Waals surface area contributed by atoms with Crippen LogP contribution in [0.5, 0.6) is 11.8 Å². The molecule has 4 aliphatic rings. The molecule has 2 aromatic heterocycles. The number of ether oxygens (including phenoxy) is 2. The van der Waals surface area contributed by atoms with E-state index in [9.17, 15) is 5.11 Å². The molecule has 248 valence electrons. The van der Waals surface area contributed by atoms with Crippen molar-refractivity contribution >= 4 is 27.5 Å². The van der Waals surface area contributed by atoms with Crippen LogP contribution >= 0.6 is 0 Å². The Morgan fingerprint density at radius 3 is 2.70 bits per heavy atom. The van der Waals surface area contributed by atoms with Gasteiger partial charge in [-0.25, -0.2) is 8.78 Å². The fourth-order valence-electron chi connectivity index (χ4n) is 8.81. The zero-order valence-corrected chi connectivity index (χ0v) is 27.1. The van der Waals surface area contributed by atoms with E-state index in [0.717, 1.165) is 25.7 Å². The van der Waals surface area contributed by atoms with Crippen LogP contribution in [0.4, 0.5) is 14.6 Å². The fraction of sp³-hybridized carbons (Fsp3) is 0.541. The second-order valence-electron chi connectivity index (χ2n) is 13.9. The van der Waals surface area contributed by atoms with E-state index in [1.54, 1.807) is 18.3 Å². The molecular weight excluding hydrogens is 600 g/mol. The van der Waals surface area contributed by atoms with Crippen LogP contribution in [-0.4, -0.2) is 76.5 Å². The van der Waals surface area contributed by atoms with Crippen molar-refractivity contribution in [1.82, 2.24) is 19.9 Å². The number of rotatable bonds is 7. The third-order valence-corrected chi connectivity index (χ3v) is 11.3. The van der Waals surface area contributed by atoms with E-state index in [0.29, 0.717) is 84.5 Å². The third-order valence-electron chi connectivity index (χ3n) is 11.3. The van der Waals surface area contributed by atoms with E-state index in [-0.39, 0.29) is 34.2 Å². The number of nitrogens with zero attached hydrogens (tertiary/aromatic N) is 5. The topological polar surface area (TPSA) is 83.8 Å². The maximum absolute atomic E-state index is 16.9. The van der Waals surface area contributed by atoms with Crippen molar-refractivity contribution in [2.45, 2.75) is 83.2 Å². The highest BCUT2D eigenvalue weighted by Crippen LogP contribution is 2.50. The number of hydrogen-bond donors (Lipinski definition) is 1. The Bertz CT molecular complexity index is 1810. The van der Waals surface area contributed by atoms with Crippen molar-refractivity contribution in [2.75, 3.05) is 44.4 Å². The minimum absolute atomic E-state index is 0.00590. The Labute approximate surface area is 274 Å². The number of aryl methyl sites for hydroxylation is 1. The molecule has 2 aliphatic heterocycles. The number of aromatic nitrogens is 3. The number of hydrogen-bond acceptors (Lipinski definition) is 8. The summed E-state index contributed by atoms with van der Waals surface area (Å²) >= 11 is 0. The number of anilines is 1. The molecule has 8 nitrogen and oxygen atoms in total. The number of phenols is 1.